The summed E-state index contributed by atoms with van der Waals surface area (Å²) in [4.78, 5) is 25.7. The molecule has 2 atom stereocenters. The Morgan fingerprint density at radius 2 is 1.97 bits per heavy atom. The maximum atomic E-state index is 13.5. The zero-order valence-corrected chi connectivity index (χ0v) is 23.5. The fourth-order valence-corrected chi connectivity index (χ4v) is 5.23. The average molecular weight is 553 g/mol. The number of ether oxygens (including phenoxy) is 1. The number of halogens is 2. The number of para-hydroxylation sites is 1. The number of aryl methyl sites for hydroxylation is 1. The highest BCUT2D eigenvalue weighted by Crippen LogP contribution is 2.33. The van der Waals surface area contributed by atoms with Crippen molar-refractivity contribution in [1.82, 2.24) is 14.5 Å². The van der Waals surface area contributed by atoms with Gasteiger partial charge < -0.3 is 32.8 Å². The number of alkyl carbamates (subject to hydrolysis) is 1. The summed E-state index contributed by atoms with van der Waals surface area (Å²) in [6, 6.07) is 8.14. The van der Waals surface area contributed by atoms with Crippen LogP contribution in [0, 0.1) is 12.8 Å². The molecule has 3 N–H and O–H groups in total. The fraction of sp³-hybridized carbons (Fsp3) is 0.519. The lowest BCUT2D eigenvalue weighted by atomic mass is 9.85. The summed E-state index contributed by atoms with van der Waals surface area (Å²) in [5.41, 5.74) is 8.64. The number of benzene rings is 1. The van der Waals surface area contributed by atoms with E-state index < -0.39 is 12.3 Å². The van der Waals surface area contributed by atoms with Gasteiger partial charge in [0.1, 0.15) is 18.9 Å². The van der Waals surface area contributed by atoms with E-state index in [9.17, 15) is 9.59 Å². The summed E-state index contributed by atoms with van der Waals surface area (Å²) in [7, 11) is 2.05. The molecule has 1 aliphatic rings. The number of nitrogens with two attached hydrogens (primary N) is 1. The molecule has 2 unspecified atom stereocenters. The van der Waals surface area contributed by atoms with E-state index in [0.717, 1.165) is 66.5 Å². The van der Waals surface area contributed by atoms with E-state index >= 15 is 0 Å². The second-order valence-corrected chi connectivity index (χ2v) is 9.54. The number of nitrogens with one attached hydrogen (secondary N) is 1. The predicted molar refractivity (Wildman–Crippen MR) is 142 cm³/mol. The summed E-state index contributed by atoms with van der Waals surface area (Å²) in [6.45, 7) is 5.77. The van der Waals surface area contributed by atoms with Gasteiger partial charge in [-0.25, -0.2) is 9.36 Å². The molecule has 2 heterocycles. The highest BCUT2D eigenvalue weighted by molar-refractivity contribution is 6.11. The van der Waals surface area contributed by atoms with Gasteiger partial charge in [-0.05, 0) is 38.3 Å². The Bertz CT molecular complexity index is 1210. The van der Waals surface area contributed by atoms with Gasteiger partial charge in [0.15, 0.2) is 5.78 Å². The summed E-state index contributed by atoms with van der Waals surface area (Å²) in [5.74, 6) is 1.09. The largest absolute Gasteiger partial charge is 1.00 e. The number of unbranched alkanes of at least 4 members (excludes halogenated alkanes) is 3. The van der Waals surface area contributed by atoms with Crippen molar-refractivity contribution in [3.8, 4) is 0 Å². The molecule has 1 aromatic carbocycles. The molecule has 0 aliphatic heterocycles. The maximum Gasteiger partial charge on any atom is 0.410 e. The van der Waals surface area contributed by atoms with Crippen LogP contribution in [0.4, 0.5) is 4.79 Å². The number of carbonyl (C=O) groups excluding carboxylic acids is 2. The number of nitrogens with zero attached hydrogens (tertiary/aromatic N) is 3. The molecule has 204 valence electrons. The topological polar surface area (TPSA) is 95.2 Å². The molecule has 1 aliphatic carbocycles. The number of aromatic nitrogens is 3. The molecule has 0 saturated heterocycles. The van der Waals surface area contributed by atoms with Gasteiger partial charge in [-0.2, -0.15) is 4.57 Å². The molecule has 1 amide bonds. The van der Waals surface area contributed by atoms with Crippen LogP contribution in [0.1, 0.15) is 67.1 Å². The first-order valence-electron chi connectivity index (χ1n) is 12.7. The number of carbonyl (C=O) groups is 2. The lowest BCUT2D eigenvalue weighted by Gasteiger charge is -2.21. The van der Waals surface area contributed by atoms with Crippen molar-refractivity contribution < 1.29 is 31.3 Å². The molecule has 0 saturated carbocycles. The SMILES string of the molecule is Cc1n(C(C)OC(=O)NCCCCCCN)cc[n+]1CC1CCc2c(c3ccccc3n2C)C1=O.Cl.[Cl-]. The van der Waals surface area contributed by atoms with Gasteiger partial charge >= 0.3 is 6.09 Å². The first-order chi connectivity index (χ1) is 16.9. The smallest absolute Gasteiger partial charge is 0.410 e. The lowest BCUT2D eigenvalue weighted by Crippen LogP contribution is -3.00. The highest BCUT2D eigenvalue weighted by Gasteiger charge is 2.34. The third-order valence-corrected chi connectivity index (χ3v) is 7.26. The van der Waals surface area contributed by atoms with Crippen LogP contribution in [-0.2, 0) is 24.8 Å². The minimum atomic E-state index is -0.444. The Morgan fingerprint density at radius 3 is 2.73 bits per heavy atom. The Morgan fingerprint density at radius 1 is 1.24 bits per heavy atom. The third-order valence-electron chi connectivity index (χ3n) is 7.26. The van der Waals surface area contributed by atoms with E-state index in [4.69, 9.17) is 10.5 Å². The van der Waals surface area contributed by atoms with E-state index in [2.05, 4.69) is 20.5 Å². The van der Waals surface area contributed by atoms with Gasteiger partial charge in [0, 0.05) is 49.6 Å². The number of hydrogen-bond donors (Lipinski definition) is 2. The molecule has 10 heteroatoms. The van der Waals surface area contributed by atoms with Crippen molar-refractivity contribution in [3.63, 3.8) is 0 Å². The second-order valence-electron chi connectivity index (χ2n) is 9.54. The first-order valence-corrected chi connectivity index (χ1v) is 12.7. The monoisotopic (exact) mass is 551 g/mol. The maximum absolute atomic E-state index is 13.5. The molecule has 3 aromatic rings. The zero-order valence-electron chi connectivity index (χ0n) is 21.9. The summed E-state index contributed by atoms with van der Waals surface area (Å²) in [5, 5.41) is 3.87. The zero-order chi connectivity index (χ0) is 24.9. The van der Waals surface area contributed by atoms with Gasteiger partial charge in [-0.15, -0.1) is 12.4 Å². The third kappa shape index (κ3) is 6.67. The van der Waals surface area contributed by atoms with Crippen molar-refractivity contribution >= 4 is 35.2 Å². The number of Topliss-reactive ketones (excluding diaryl/α,β-unsaturated/α-hetero) is 1. The molecule has 8 nitrogen and oxygen atoms in total. The van der Waals surface area contributed by atoms with E-state index in [-0.39, 0.29) is 36.5 Å². The Labute approximate surface area is 231 Å². The van der Waals surface area contributed by atoms with Crippen molar-refractivity contribution in [2.75, 3.05) is 13.1 Å². The normalized spacial score (nSPS) is 15.5. The summed E-state index contributed by atoms with van der Waals surface area (Å²) < 4.78 is 11.8. The summed E-state index contributed by atoms with van der Waals surface area (Å²) >= 11 is 0. The van der Waals surface area contributed by atoms with E-state index in [1.54, 1.807) is 0 Å². The number of hydrogen-bond acceptors (Lipinski definition) is 4. The van der Waals surface area contributed by atoms with Gasteiger partial charge in [-0.3, -0.25) is 4.79 Å². The molecule has 0 spiro atoms. The van der Waals surface area contributed by atoms with Crippen LogP contribution in [0.5, 0.6) is 0 Å². The first kappa shape index (κ1) is 30.7. The molecule has 0 fully saturated rings. The minimum Gasteiger partial charge on any atom is -1.00 e. The van der Waals surface area contributed by atoms with Gasteiger partial charge in [0.25, 0.3) is 5.82 Å². The van der Waals surface area contributed by atoms with Crippen LogP contribution in [0.3, 0.4) is 0 Å². The van der Waals surface area contributed by atoms with Crippen molar-refractivity contribution in [2.45, 2.75) is 65.1 Å². The van der Waals surface area contributed by atoms with Crippen LogP contribution >= 0.6 is 12.4 Å². The Balaban J connectivity index is 0.00000241. The summed E-state index contributed by atoms with van der Waals surface area (Å²) in [6.07, 6.45) is 8.80. The van der Waals surface area contributed by atoms with Gasteiger partial charge in [0.05, 0.1) is 5.92 Å². The second kappa shape index (κ2) is 13.8. The van der Waals surface area contributed by atoms with Gasteiger partial charge in [0.2, 0.25) is 6.23 Å². The number of rotatable bonds is 10. The molecular weight excluding hydrogens is 513 g/mol. The number of amides is 1. The fourth-order valence-electron chi connectivity index (χ4n) is 5.23. The number of imidazole rings is 1. The Hall–Kier alpha value is -2.55. The van der Waals surface area contributed by atoms with Crippen molar-refractivity contribution in [3.05, 3.63) is 53.7 Å². The number of ketones is 1. The Kier molecular flexibility index (Phi) is 11.5. The van der Waals surface area contributed by atoms with Crippen LogP contribution in [-0.4, -0.2) is 34.1 Å². The molecule has 4 rings (SSSR count). The molecule has 2 aromatic heterocycles. The average Bonchev–Trinajstić information content (AvgIpc) is 3.35. The predicted octanol–water partition coefficient (Wildman–Crippen LogP) is 1.21. The number of fused-ring (bicyclic) bond motifs is 3. The lowest BCUT2D eigenvalue weighted by molar-refractivity contribution is -0.706. The van der Waals surface area contributed by atoms with E-state index in [1.807, 2.05) is 56.1 Å². The molecule has 0 radical (unpaired) electrons. The quantitative estimate of drug-likeness (QED) is 0.292. The van der Waals surface area contributed by atoms with Crippen LogP contribution < -0.4 is 28.0 Å². The highest BCUT2D eigenvalue weighted by atomic mass is 35.5. The van der Waals surface area contributed by atoms with E-state index in [0.29, 0.717) is 19.6 Å². The minimum absolute atomic E-state index is 0. The van der Waals surface area contributed by atoms with Crippen molar-refractivity contribution in [1.29, 1.82) is 0 Å². The van der Waals surface area contributed by atoms with Crippen LogP contribution in [0.15, 0.2) is 36.7 Å². The van der Waals surface area contributed by atoms with Crippen LogP contribution in [0.2, 0.25) is 0 Å². The van der Waals surface area contributed by atoms with Crippen molar-refractivity contribution in [2.24, 2.45) is 18.7 Å². The van der Waals surface area contributed by atoms with E-state index in [1.165, 1.54) is 0 Å². The molecule has 0 bridgehead atoms. The van der Waals surface area contributed by atoms with Crippen LogP contribution in [0.25, 0.3) is 10.9 Å². The molecule has 37 heavy (non-hydrogen) atoms. The van der Waals surface area contributed by atoms with Gasteiger partial charge in [-0.1, -0.05) is 31.0 Å². The standard InChI is InChI=1S/C27H37N5O3.2ClH/c1-19-31(16-17-32(19)20(2)35-27(34)29-15-9-5-4-8-14-28)18-21-12-13-24-25(26(21)33)22-10-6-7-11-23(22)30(24)3;;/h6-7,10-11,16-17,20-21H,4-5,8-9,12-15,18,28H2,1-3H3;2*1H. The molecular formula is C27H39Cl2N5O3.